The number of esters is 1. The summed E-state index contributed by atoms with van der Waals surface area (Å²) in [6.45, 7) is 2.82. The van der Waals surface area contributed by atoms with E-state index in [1.807, 2.05) is 0 Å². The van der Waals surface area contributed by atoms with Gasteiger partial charge in [-0.25, -0.2) is 9.48 Å². The Kier molecular flexibility index (Phi) is 6.80. The van der Waals surface area contributed by atoms with Gasteiger partial charge >= 0.3 is 11.7 Å². The van der Waals surface area contributed by atoms with Crippen LogP contribution in [-0.4, -0.2) is 37.3 Å². The largest absolute Gasteiger partial charge is 0.457 e. The van der Waals surface area contributed by atoms with Crippen LogP contribution in [0.15, 0.2) is 27.8 Å². The van der Waals surface area contributed by atoms with Crippen molar-refractivity contribution in [1.29, 1.82) is 0 Å². The number of halogens is 2. The molecule has 1 aromatic carbocycles. The Morgan fingerprint density at radius 1 is 1.09 bits per heavy atom. The second-order valence-corrected chi connectivity index (χ2v) is 8.20. The first-order valence-electron chi connectivity index (χ1n) is 9.68. The molecule has 0 saturated carbocycles. The Balaban J connectivity index is 1.77. The number of nitrogens with two attached hydrogens (primary N) is 1. The third-order valence-corrected chi connectivity index (χ3v) is 6.00. The summed E-state index contributed by atoms with van der Waals surface area (Å²) in [5.74, 6) is -1.79. The summed E-state index contributed by atoms with van der Waals surface area (Å²) in [5, 5.41) is 5.22. The van der Waals surface area contributed by atoms with Crippen LogP contribution in [0.25, 0.3) is 5.69 Å². The molecule has 0 unspecified atom stereocenters. The van der Waals surface area contributed by atoms with Crippen molar-refractivity contribution in [2.24, 2.45) is 14.1 Å². The number of nitrogens with zero attached hydrogens (tertiary/aromatic N) is 4. The van der Waals surface area contributed by atoms with Crippen LogP contribution >= 0.6 is 23.2 Å². The smallest absolute Gasteiger partial charge is 0.332 e. The van der Waals surface area contributed by atoms with Crippen molar-refractivity contribution < 1.29 is 14.3 Å². The summed E-state index contributed by atoms with van der Waals surface area (Å²) >= 11 is 12.1. The van der Waals surface area contributed by atoms with Gasteiger partial charge in [0.25, 0.3) is 5.56 Å². The summed E-state index contributed by atoms with van der Waals surface area (Å²) < 4.78 is 8.44. The average Bonchev–Trinajstić information content (AvgIpc) is 3.05. The maximum Gasteiger partial charge on any atom is 0.332 e. The number of ketones is 1. The SMILES string of the molecule is Cc1nn(-c2ccc(Cl)c(Cl)c2)c(C)c1CC(=O)OCC(=O)c1c(N)n(C)c(=O)n(C)c1=O. The number of anilines is 1. The minimum Gasteiger partial charge on any atom is -0.457 e. The molecule has 0 spiro atoms. The van der Waals surface area contributed by atoms with Crippen molar-refractivity contribution in [1.82, 2.24) is 18.9 Å². The summed E-state index contributed by atoms with van der Waals surface area (Å²) in [7, 11) is 2.56. The van der Waals surface area contributed by atoms with E-state index in [9.17, 15) is 19.2 Å². The minimum absolute atomic E-state index is 0.146. The second-order valence-electron chi connectivity index (χ2n) is 7.39. The Hall–Kier alpha value is -3.37. The van der Waals surface area contributed by atoms with Crippen LogP contribution in [-0.2, 0) is 30.0 Å². The first kappa shape index (κ1) is 24.3. The van der Waals surface area contributed by atoms with Gasteiger partial charge in [0.15, 0.2) is 6.61 Å². The molecular weight excluding hydrogens is 473 g/mol. The maximum absolute atomic E-state index is 12.5. The van der Waals surface area contributed by atoms with Gasteiger partial charge in [-0.2, -0.15) is 5.10 Å². The lowest BCUT2D eigenvalue weighted by Gasteiger charge is -2.11. The number of rotatable bonds is 6. The van der Waals surface area contributed by atoms with Crippen LogP contribution in [0.1, 0.15) is 27.3 Å². The quantitative estimate of drug-likeness (QED) is 0.408. The van der Waals surface area contributed by atoms with Gasteiger partial charge in [0, 0.05) is 25.4 Å². The molecule has 0 aliphatic carbocycles. The Morgan fingerprint density at radius 2 is 1.76 bits per heavy atom. The van der Waals surface area contributed by atoms with Gasteiger partial charge in [-0.05, 0) is 32.0 Å². The molecule has 174 valence electrons. The normalized spacial score (nSPS) is 11.0. The highest BCUT2D eigenvalue weighted by Gasteiger charge is 2.22. The monoisotopic (exact) mass is 493 g/mol. The fourth-order valence-corrected chi connectivity index (χ4v) is 3.63. The highest BCUT2D eigenvalue weighted by atomic mass is 35.5. The van der Waals surface area contributed by atoms with E-state index in [4.69, 9.17) is 33.7 Å². The van der Waals surface area contributed by atoms with Crippen molar-refractivity contribution in [3.8, 4) is 5.69 Å². The Labute approximate surface area is 198 Å². The van der Waals surface area contributed by atoms with Crippen LogP contribution in [0, 0.1) is 13.8 Å². The third kappa shape index (κ3) is 4.57. The van der Waals surface area contributed by atoms with Gasteiger partial charge in [0.05, 0.1) is 27.8 Å². The summed E-state index contributed by atoms with van der Waals surface area (Å²) in [4.78, 5) is 49.1. The molecule has 2 N–H and O–H groups in total. The summed E-state index contributed by atoms with van der Waals surface area (Å²) in [6.07, 6.45) is -0.146. The fraction of sp³-hybridized carbons (Fsp3) is 0.286. The highest BCUT2D eigenvalue weighted by Crippen LogP contribution is 2.26. The molecule has 0 saturated heterocycles. The van der Waals surface area contributed by atoms with Crippen LogP contribution in [0.2, 0.25) is 10.0 Å². The fourth-order valence-electron chi connectivity index (χ4n) is 3.33. The lowest BCUT2D eigenvalue weighted by atomic mass is 10.1. The van der Waals surface area contributed by atoms with Crippen LogP contribution < -0.4 is 17.0 Å². The molecule has 3 aromatic rings. The molecule has 12 heteroatoms. The molecule has 2 aromatic heterocycles. The molecule has 0 atom stereocenters. The second kappa shape index (κ2) is 9.24. The number of benzene rings is 1. The average molecular weight is 494 g/mol. The molecule has 0 bridgehead atoms. The molecule has 3 rings (SSSR count). The number of Topliss-reactive ketones (excluding diaryl/α,β-unsaturated/α-hetero) is 1. The van der Waals surface area contributed by atoms with E-state index >= 15 is 0 Å². The van der Waals surface area contributed by atoms with E-state index in [0.717, 1.165) is 9.13 Å². The lowest BCUT2D eigenvalue weighted by molar-refractivity contribution is -0.141. The first-order chi connectivity index (χ1) is 15.4. The first-order valence-corrected chi connectivity index (χ1v) is 10.4. The van der Waals surface area contributed by atoms with Crippen molar-refractivity contribution in [3.63, 3.8) is 0 Å². The van der Waals surface area contributed by atoms with E-state index in [-0.39, 0.29) is 12.2 Å². The van der Waals surface area contributed by atoms with Gasteiger partial charge in [-0.15, -0.1) is 0 Å². The molecule has 0 radical (unpaired) electrons. The van der Waals surface area contributed by atoms with E-state index in [2.05, 4.69) is 5.10 Å². The van der Waals surface area contributed by atoms with E-state index in [0.29, 0.717) is 32.7 Å². The Bertz CT molecular complexity index is 1400. The topological polar surface area (TPSA) is 131 Å². The van der Waals surface area contributed by atoms with Crippen molar-refractivity contribution >= 4 is 40.8 Å². The molecular formula is C21H21Cl2N5O5. The van der Waals surface area contributed by atoms with E-state index in [1.54, 1.807) is 36.7 Å². The zero-order valence-corrected chi connectivity index (χ0v) is 19.8. The zero-order chi connectivity index (χ0) is 24.6. The molecule has 10 nitrogen and oxygen atoms in total. The minimum atomic E-state index is -0.855. The predicted molar refractivity (Wildman–Crippen MR) is 123 cm³/mol. The van der Waals surface area contributed by atoms with Gasteiger partial charge in [-0.1, -0.05) is 23.2 Å². The summed E-state index contributed by atoms with van der Waals surface area (Å²) in [5.41, 5.74) is 6.40. The van der Waals surface area contributed by atoms with Crippen molar-refractivity contribution in [2.45, 2.75) is 20.3 Å². The van der Waals surface area contributed by atoms with Crippen molar-refractivity contribution in [3.05, 3.63) is 71.6 Å². The van der Waals surface area contributed by atoms with Gasteiger partial charge in [0.1, 0.15) is 11.4 Å². The van der Waals surface area contributed by atoms with Crippen LogP contribution in [0.5, 0.6) is 0 Å². The van der Waals surface area contributed by atoms with E-state index < -0.39 is 35.2 Å². The number of aromatic nitrogens is 4. The molecule has 33 heavy (non-hydrogen) atoms. The number of aryl methyl sites for hydroxylation is 1. The summed E-state index contributed by atoms with van der Waals surface area (Å²) in [6, 6.07) is 5.04. The number of carbonyl (C=O) groups excluding carboxylic acids is 2. The van der Waals surface area contributed by atoms with Crippen LogP contribution in [0.4, 0.5) is 5.82 Å². The predicted octanol–water partition coefficient (Wildman–Crippen LogP) is 1.74. The third-order valence-electron chi connectivity index (χ3n) is 5.26. The van der Waals surface area contributed by atoms with Crippen molar-refractivity contribution in [2.75, 3.05) is 12.3 Å². The Morgan fingerprint density at radius 3 is 2.39 bits per heavy atom. The van der Waals surface area contributed by atoms with Gasteiger partial charge in [-0.3, -0.25) is 23.5 Å². The van der Waals surface area contributed by atoms with E-state index in [1.165, 1.54) is 14.1 Å². The molecule has 0 aliphatic heterocycles. The molecule has 0 amide bonds. The standard InChI is InChI=1S/C21H21Cl2N5O5/c1-10-13(11(2)28(25-10)12-5-6-14(22)15(23)7-12)8-17(30)33-9-16(29)18-19(24)26(3)21(32)27(4)20(18)31/h5-7H,8-9,24H2,1-4H3. The van der Waals surface area contributed by atoms with Gasteiger partial charge in [0.2, 0.25) is 5.78 Å². The number of ether oxygens (including phenoxy) is 1. The van der Waals surface area contributed by atoms with Crippen LogP contribution in [0.3, 0.4) is 0 Å². The number of carbonyl (C=O) groups is 2. The maximum atomic E-state index is 12.5. The number of hydrogen-bond donors (Lipinski definition) is 1. The lowest BCUT2D eigenvalue weighted by Crippen LogP contribution is -2.42. The number of nitrogen functional groups attached to an aromatic ring is 1. The van der Waals surface area contributed by atoms with Gasteiger partial charge < -0.3 is 10.5 Å². The molecule has 2 heterocycles. The molecule has 0 aliphatic rings. The highest BCUT2D eigenvalue weighted by molar-refractivity contribution is 6.42. The zero-order valence-electron chi connectivity index (χ0n) is 18.3. The molecule has 0 fully saturated rings. The number of hydrogen-bond acceptors (Lipinski definition) is 7.